The standard InChI is InChI=1S/C15H13N3O4/c1-21-13-6-10-12(7-14(13)22-2)17-11-5-8(18(19)20)3-4-9(11)15(10)16/h3-7H,1-2H3,(H2,16,17). The third kappa shape index (κ3) is 2.03. The first-order chi connectivity index (χ1) is 10.5. The molecule has 22 heavy (non-hydrogen) atoms. The number of hydrogen-bond donors (Lipinski definition) is 1. The van der Waals surface area contributed by atoms with Gasteiger partial charge in [-0.2, -0.15) is 0 Å². The number of aromatic nitrogens is 1. The summed E-state index contributed by atoms with van der Waals surface area (Å²) in [6, 6.07) is 7.86. The number of hydrogen-bond acceptors (Lipinski definition) is 6. The molecule has 0 unspecified atom stereocenters. The second kappa shape index (κ2) is 5.03. The topological polar surface area (TPSA) is 101 Å². The average molecular weight is 299 g/mol. The Bertz CT molecular complexity index is 908. The summed E-state index contributed by atoms with van der Waals surface area (Å²) < 4.78 is 10.5. The maximum atomic E-state index is 10.9. The molecule has 3 rings (SSSR count). The van der Waals surface area contributed by atoms with Crippen LogP contribution in [0.1, 0.15) is 0 Å². The van der Waals surface area contributed by atoms with Crippen LogP contribution in [0.15, 0.2) is 30.3 Å². The van der Waals surface area contributed by atoms with Crippen LogP contribution in [0.25, 0.3) is 21.8 Å². The zero-order chi connectivity index (χ0) is 15.9. The molecule has 0 saturated heterocycles. The Kier molecular flexibility index (Phi) is 3.17. The highest BCUT2D eigenvalue weighted by atomic mass is 16.6. The smallest absolute Gasteiger partial charge is 0.271 e. The van der Waals surface area contributed by atoms with Crippen LogP contribution in [-0.2, 0) is 0 Å². The minimum absolute atomic E-state index is 0.0285. The number of non-ortho nitro benzene ring substituents is 1. The lowest BCUT2D eigenvalue weighted by Crippen LogP contribution is -1.97. The van der Waals surface area contributed by atoms with E-state index in [4.69, 9.17) is 15.2 Å². The quantitative estimate of drug-likeness (QED) is 0.453. The molecule has 0 amide bonds. The number of nitrogens with zero attached hydrogens (tertiary/aromatic N) is 2. The summed E-state index contributed by atoms with van der Waals surface area (Å²) in [5.74, 6) is 1.07. The van der Waals surface area contributed by atoms with Gasteiger partial charge in [0.25, 0.3) is 5.69 Å². The Balaban J connectivity index is 2.38. The fourth-order valence-corrected chi connectivity index (χ4v) is 2.41. The summed E-state index contributed by atoms with van der Waals surface area (Å²) in [6.07, 6.45) is 0. The molecule has 0 bridgehead atoms. The molecule has 112 valence electrons. The Labute approximate surface area is 125 Å². The third-order valence-electron chi connectivity index (χ3n) is 3.52. The molecule has 0 aliphatic rings. The summed E-state index contributed by atoms with van der Waals surface area (Å²) in [7, 11) is 3.07. The monoisotopic (exact) mass is 299 g/mol. The molecule has 0 fully saturated rings. The number of nitro groups is 1. The molecule has 0 aliphatic carbocycles. The second-order valence-corrected chi connectivity index (χ2v) is 4.71. The molecule has 7 nitrogen and oxygen atoms in total. The van der Waals surface area contributed by atoms with Crippen molar-refractivity contribution in [2.45, 2.75) is 0 Å². The summed E-state index contributed by atoms with van der Waals surface area (Å²) >= 11 is 0. The molecule has 3 aromatic rings. The average Bonchev–Trinajstić information content (AvgIpc) is 2.53. The number of ether oxygens (including phenoxy) is 2. The molecular weight excluding hydrogens is 286 g/mol. The van der Waals surface area contributed by atoms with Crippen LogP contribution in [0, 0.1) is 10.1 Å². The molecule has 0 saturated carbocycles. The van der Waals surface area contributed by atoms with Crippen LogP contribution in [0.4, 0.5) is 11.4 Å². The summed E-state index contributed by atoms with van der Waals surface area (Å²) in [5, 5.41) is 12.3. The zero-order valence-electron chi connectivity index (χ0n) is 12.0. The molecule has 1 heterocycles. The normalized spacial score (nSPS) is 10.8. The fraction of sp³-hybridized carbons (Fsp3) is 0.133. The SMILES string of the molecule is COc1cc2nc3cc([N+](=O)[O-])ccc3c(N)c2cc1OC. The van der Waals surface area contributed by atoms with E-state index in [1.807, 2.05) is 0 Å². The van der Waals surface area contributed by atoms with Gasteiger partial charge in [-0.1, -0.05) is 0 Å². The van der Waals surface area contributed by atoms with Gasteiger partial charge in [0.1, 0.15) is 0 Å². The van der Waals surface area contributed by atoms with Crippen LogP contribution >= 0.6 is 0 Å². The predicted molar refractivity (Wildman–Crippen MR) is 83.4 cm³/mol. The van der Waals surface area contributed by atoms with Gasteiger partial charge in [-0.3, -0.25) is 10.1 Å². The lowest BCUT2D eigenvalue weighted by atomic mass is 10.1. The van der Waals surface area contributed by atoms with Crippen molar-refractivity contribution in [2.24, 2.45) is 0 Å². The zero-order valence-corrected chi connectivity index (χ0v) is 12.0. The van der Waals surface area contributed by atoms with E-state index in [-0.39, 0.29) is 5.69 Å². The van der Waals surface area contributed by atoms with Gasteiger partial charge in [0.05, 0.1) is 35.9 Å². The highest BCUT2D eigenvalue weighted by Crippen LogP contribution is 2.37. The molecule has 2 N–H and O–H groups in total. The minimum Gasteiger partial charge on any atom is -0.493 e. The molecule has 0 aliphatic heterocycles. The molecule has 0 spiro atoms. The maximum absolute atomic E-state index is 10.9. The largest absolute Gasteiger partial charge is 0.493 e. The van der Waals surface area contributed by atoms with Gasteiger partial charge in [0.15, 0.2) is 11.5 Å². The van der Waals surface area contributed by atoms with Gasteiger partial charge in [-0.15, -0.1) is 0 Å². The van der Waals surface area contributed by atoms with Crippen molar-refractivity contribution in [3.05, 3.63) is 40.4 Å². The first-order valence-corrected chi connectivity index (χ1v) is 6.44. The second-order valence-electron chi connectivity index (χ2n) is 4.71. The van der Waals surface area contributed by atoms with Crippen molar-refractivity contribution in [1.29, 1.82) is 0 Å². The highest BCUT2D eigenvalue weighted by molar-refractivity contribution is 6.07. The number of nitrogens with two attached hydrogens (primary N) is 1. The van der Waals surface area contributed by atoms with E-state index >= 15 is 0 Å². The highest BCUT2D eigenvalue weighted by Gasteiger charge is 2.14. The molecular formula is C15H13N3O4. The molecule has 0 atom stereocenters. The number of benzene rings is 2. The molecule has 7 heteroatoms. The number of pyridine rings is 1. The number of rotatable bonds is 3. The van der Waals surface area contributed by atoms with Crippen molar-refractivity contribution in [2.75, 3.05) is 20.0 Å². The Morgan fingerprint density at radius 1 is 1.05 bits per heavy atom. The van der Waals surface area contributed by atoms with Gasteiger partial charge in [-0.25, -0.2) is 4.98 Å². The van der Waals surface area contributed by atoms with E-state index in [0.29, 0.717) is 39.0 Å². The Morgan fingerprint density at radius 3 is 2.32 bits per heavy atom. The van der Waals surface area contributed by atoms with Crippen molar-refractivity contribution in [3.8, 4) is 11.5 Å². The van der Waals surface area contributed by atoms with Crippen LogP contribution < -0.4 is 15.2 Å². The van der Waals surface area contributed by atoms with Crippen LogP contribution in [0.2, 0.25) is 0 Å². The Hall–Kier alpha value is -3.09. The van der Waals surface area contributed by atoms with Gasteiger partial charge in [0, 0.05) is 29.0 Å². The number of nitrogen functional groups attached to an aromatic ring is 1. The van der Waals surface area contributed by atoms with E-state index in [9.17, 15) is 10.1 Å². The van der Waals surface area contributed by atoms with Crippen molar-refractivity contribution >= 4 is 33.2 Å². The number of anilines is 1. The van der Waals surface area contributed by atoms with Crippen molar-refractivity contribution in [3.63, 3.8) is 0 Å². The van der Waals surface area contributed by atoms with E-state index in [2.05, 4.69) is 4.98 Å². The molecule has 1 aromatic heterocycles. The third-order valence-corrected chi connectivity index (χ3v) is 3.52. The number of fused-ring (bicyclic) bond motifs is 2. The van der Waals surface area contributed by atoms with E-state index in [0.717, 1.165) is 0 Å². The number of nitro benzene ring substituents is 1. The van der Waals surface area contributed by atoms with Crippen LogP contribution in [0.5, 0.6) is 11.5 Å². The summed E-state index contributed by atoms with van der Waals surface area (Å²) in [6.45, 7) is 0. The summed E-state index contributed by atoms with van der Waals surface area (Å²) in [5.41, 5.74) is 7.71. The first-order valence-electron chi connectivity index (χ1n) is 6.44. The minimum atomic E-state index is -0.462. The molecule has 0 radical (unpaired) electrons. The molecule has 2 aromatic carbocycles. The van der Waals surface area contributed by atoms with E-state index in [1.165, 1.54) is 26.4 Å². The van der Waals surface area contributed by atoms with Crippen molar-refractivity contribution < 1.29 is 14.4 Å². The fourth-order valence-electron chi connectivity index (χ4n) is 2.41. The van der Waals surface area contributed by atoms with Crippen LogP contribution in [0.3, 0.4) is 0 Å². The first kappa shape index (κ1) is 13.9. The van der Waals surface area contributed by atoms with Crippen LogP contribution in [-0.4, -0.2) is 24.1 Å². The maximum Gasteiger partial charge on any atom is 0.271 e. The lowest BCUT2D eigenvalue weighted by molar-refractivity contribution is -0.384. The van der Waals surface area contributed by atoms with E-state index in [1.54, 1.807) is 18.2 Å². The van der Waals surface area contributed by atoms with Gasteiger partial charge < -0.3 is 15.2 Å². The van der Waals surface area contributed by atoms with Gasteiger partial charge >= 0.3 is 0 Å². The Morgan fingerprint density at radius 2 is 1.68 bits per heavy atom. The lowest BCUT2D eigenvalue weighted by Gasteiger charge is -2.11. The summed E-state index contributed by atoms with van der Waals surface area (Å²) in [4.78, 5) is 14.9. The number of methoxy groups -OCH3 is 2. The van der Waals surface area contributed by atoms with Crippen molar-refractivity contribution in [1.82, 2.24) is 4.98 Å². The van der Waals surface area contributed by atoms with Gasteiger partial charge in [-0.05, 0) is 12.1 Å². The van der Waals surface area contributed by atoms with E-state index < -0.39 is 4.92 Å². The van der Waals surface area contributed by atoms with Gasteiger partial charge in [0.2, 0.25) is 0 Å². The predicted octanol–water partition coefficient (Wildman–Crippen LogP) is 2.90.